The summed E-state index contributed by atoms with van der Waals surface area (Å²) in [6, 6.07) is 13.7. The Kier molecular flexibility index (Phi) is 10.9. The van der Waals surface area contributed by atoms with Gasteiger partial charge in [-0.25, -0.2) is 4.90 Å². The molecule has 1 aliphatic carbocycles. The van der Waals surface area contributed by atoms with E-state index in [1.165, 1.54) is 0 Å². The number of carbonyl (C=O) groups is 2. The van der Waals surface area contributed by atoms with Crippen LogP contribution in [0, 0.1) is 31.6 Å². The minimum atomic E-state index is -5.19. The summed E-state index contributed by atoms with van der Waals surface area (Å²) in [6.07, 6.45) is -8.23. The molecule has 0 radical (unpaired) electrons. The summed E-state index contributed by atoms with van der Waals surface area (Å²) < 4.78 is 82.1. The fraction of sp³-hybridized carbons (Fsp3) is 0.385. The molecular formula is C39H39F6NO5. The Bertz CT molecular complexity index is 1810. The number of allylic oxidation sites excluding steroid dienone is 2. The van der Waals surface area contributed by atoms with Crippen LogP contribution in [0.5, 0.6) is 5.75 Å². The SMILES string of the molecule is CCCC1=C([C@H](O)CC/C(=C/c2cc(C)c(O)c(C)c2)c2ccccc2)[C@H](CO)[C@@H]2C(=O)N(c3cc(C(F)(F)F)cc(C(F)(F)F)c3)C(=O)[C@@H]2C1. The van der Waals surface area contributed by atoms with Crippen LogP contribution < -0.4 is 4.90 Å². The number of halogens is 6. The number of hydrogen-bond donors (Lipinski definition) is 3. The molecule has 1 fully saturated rings. The largest absolute Gasteiger partial charge is 0.507 e. The van der Waals surface area contributed by atoms with E-state index in [2.05, 4.69) is 0 Å². The number of aliphatic hydroxyl groups excluding tert-OH is 2. The highest BCUT2D eigenvalue weighted by Gasteiger charge is 2.55. The maximum atomic E-state index is 13.9. The first kappa shape index (κ1) is 37.8. The molecule has 3 aromatic carbocycles. The van der Waals surface area contributed by atoms with Crippen LogP contribution in [-0.2, 0) is 21.9 Å². The van der Waals surface area contributed by atoms with Crippen molar-refractivity contribution in [3.8, 4) is 5.75 Å². The monoisotopic (exact) mass is 715 g/mol. The molecule has 0 bridgehead atoms. The van der Waals surface area contributed by atoms with E-state index >= 15 is 0 Å². The lowest BCUT2D eigenvalue weighted by atomic mass is 9.67. The van der Waals surface area contributed by atoms with Crippen LogP contribution in [-0.4, -0.2) is 39.8 Å². The van der Waals surface area contributed by atoms with Gasteiger partial charge in [0.05, 0.1) is 41.4 Å². The summed E-state index contributed by atoms with van der Waals surface area (Å²) in [4.78, 5) is 28.0. The maximum Gasteiger partial charge on any atom is 0.416 e. The zero-order chi connectivity index (χ0) is 37.4. The maximum absolute atomic E-state index is 13.9. The Morgan fingerprint density at radius 1 is 0.922 bits per heavy atom. The van der Waals surface area contributed by atoms with Crippen molar-refractivity contribution in [3.63, 3.8) is 0 Å². The highest BCUT2D eigenvalue weighted by atomic mass is 19.4. The number of anilines is 1. The fourth-order valence-corrected chi connectivity index (χ4v) is 7.49. The highest BCUT2D eigenvalue weighted by Crippen LogP contribution is 2.49. The minimum Gasteiger partial charge on any atom is -0.507 e. The number of imide groups is 1. The van der Waals surface area contributed by atoms with Crippen molar-refractivity contribution in [1.82, 2.24) is 0 Å². The number of aromatic hydroxyl groups is 1. The van der Waals surface area contributed by atoms with E-state index < -0.39 is 71.4 Å². The average molecular weight is 716 g/mol. The smallest absolute Gasteiger partial charge is 0.416 e. The fourth-order valence-electron chi connectivity index (χ4n) is 7.49. The zero-order valence-corrected chi connectivity index (χ0v) is 28.3. The van der Waals surface area contributed by atoms with Crippen LogP contribution in [0.25, 0.3) is 11.6 Å². The summed E-state index contributed by atoms with van der Waals surface area (Å²) in [5.74, 6) is -5.33. The second-order valence-electron chi connectivity index (χ2n) is 13.3. The number of carbonyl (C=O) groups excluding carboxylic acids is 2. The number of hydrogen-bond acceptors (Lipinski definition) is 5. The van der Waals surface area contributed by atoms with Crippen LogP contribution in [0.1, 0.15) is 72.4 Å². The van der Waals surface area contributed by atoms with Crippen molar-refractivity contribution in [2.45, 2.75) is 71.3 Å². The van der Waals surface area contributed by atoms with E-state index in [0.29, 0.717) is 58.6 Å². The van der Waals surface area contributed by atoms with Gasteiger partial charge in [0, 0.05) is 5.92 Å². The van der Waals surface area contributed by atoms with Crippen LogP contribution in [0.2, 0.25) is 0 Å². The molecule has 2 amide bonds. The molecule has 0 spiro atoms. The Balaban J connectivity index is 1.50. The average Bonchev–Trinajstić information content (AvgIpc) is 3.32. The quantitative estimate of drug-likeness (QED) is 0.0846. The first-order chi connectivity index (χ1) is 24.0. The van der Waals surface area contributed by atoms with Gasteiger partial charge in [-0.05, 0) is 103 Å². The topological polar surface area (TPSA) is 98.1 Å². The number of aryl methyl sites for hydroxylation is 2. The molecular weight excluding hydrogens is 676 g/mol. The molecule has 12 heteroatoms. The van der Waals surface area contributed by atoms with E-state index in [0.717, 1.165) is 16.7 Å². The Hall–Kier alpha value is -4.42. The summed E-state index contributed by atoms with van der Waals surface area (Å²) in [5.41, 5.74) is 0.758. The van der Waals surface area contributed by atoms with Crippen molar-refractivity contribution in [1.29, 1.82) is 0 Å². The summed E-state index contributed by atoms with van der Waals surface area (Å²) >= 11 is 0. The Morgan fingerprint density at radius 2 is 1.51 bits per heavy atom. The van der Waals surface area contributed by atoms with Crippen LogP contribution in [0.4, 0.5) is 32.0 Å². The number of rotatable bonds is 10. The second kappa shape index (κ2) is 14.7. The predicted octanol–water partition coefficient (Wildman–Crippen LogP) is 8.64. The summed E-state index contributed by atoms with van der Waals surface area (Å²) in [6.45, 7) is 4.76. The third kappa shape index (κ3) is 7.77. The number of phenolic OH excluding ortho intramolecular Hbond substituents is 1. The molecule has 6 nitrogen and oxygen atoms in total. The van der Waals surface area contributed by atoms with Crippen molar-refractivity contribution in [2.75, 3.05) is 11.5 Å². The molecule has 1 aliphatic heterocycles. The van der Waals surface area contributed by atoms with Crippen LogP contribution in [0.3, 0.4) is 0 Å². The van der Waals surface area contributed by atoms with Gasteiger partial charge in [0.1, 0.15) is 5.75 Å². The number of fused-ring (bicyclic) bond motifs is 1. The molecule has 272 valence electrons. The highest BCUT2D eigenvalue weighted by molar-refractivity contribution is 6.22. The van der Waals surface area contributed by atoms with Crippen molar-refractivity contribution in [2.24, 2.45) is 17.8 Å². The van der Waals surface area contributed by atoms with E-state index in [1.807, 2.05) is 55.5 Å². The molecule has 3 N–H and O–H groups in total. The molecule has 1 saturated heterocycles. The Morgan fingerprint density at radius 3 is 2.04 bits per heavy atom. The minimum absolute atomic E-state index is 0.0407. The number of nitrogens with zero attached hydrogens (tertiary/aromatic N) is 1. The third-order valence-electron chi connectivity index (χ3n) is 9.81. The van der Waals surface area contributed by atoms with Gasteiger partial charge in [-0.1, -0.05) is 55.3 Å². The van der Waals surface area contributed by atoms with Gasteiger partial charge in [0.15, 0.2) is 0 Å². The van der Waals surface area contributed by atoms with E-state index in [1.54, 1.807) is 13.8 Å². The van der Waals surface area contributed by atoms with E-state index in [-0.39, 0.29) is 24.7 Å². The van der Waals surface area contributed by atoms with Gasteiger partial charge in [0.2, 0.25) is 11.8 Å². The first-order valence-electron chi connectivity index (χ1n) is 16.7. The normalized spacial score (nSPS) is 20.6. The second-order valence-corrected chi connectivity index (χ2v) is 13.3. The van der Waals surface area contributed by atoms with E-state index in [4.69, 9.17) is 0 Å². The molecule has 3 aromatic rings. The van der Waals surface area contributed by atoms with E-state index in [9.17, 15) is 51.3 Å². The number of amides is 2. The molecule has 0 saturated carbocycles. The molecule has 0 unspecified atom stereocenters. The lowest BCUT2D eigenvalue weighted by molar-refractivity contribution is -0.143. The summed E-state index contributed by atoms with van der Waals surface area (Å²) in [7, 11) is 0. The van der Waals surface area contributed by atoms with Crippen LogP contribution in [0.15, 0.2) is 71.8 Å². The zero-order valence-electron chi connectivity index (χ0n) is 28.3. The lowest BCUT2D eigenvalue weighted by Gasteiger charge is -2.36. The molecule has 1 heterocycles. The number of benzene rings is 3. The van der Waals surface area contributed by atoms with Gasteiger partial charge in [-0.15, -0.1) is 0 Å². The standard InChI is InChI=1S/C39H39F6NO5/c1-4-8-26-16-30-34(37(51)46(36(30)50)29-18-27(38(40,41)42)17-28(19-29)39(43,44)45)31(20-47)33(26)32(48)12-11-25(24-9-6-5-7-10-24)15-23-13-21(2)35(49)22(3)14-23/h5-7,9-10,13-15,17-19,30-32,34,47-49H,4,8,11-12,16,20H2,1-3H3/b25-15-/t30-,31+,32-,34-/m1/s1. The van der Waals surface area contributed by atoms with Crippen molar-refractivity contribution < 1.29 is 51.3 Å². The van der Waals surface area contributed by atoms with Crippen LogP contribution >= 0.6 is 0 Å². The predicted molar refractivity (Wildman–Crippen MR) is 180 cm³/mol. The third-order valence-corrected chi connectivity index (χ3v) is 9.81. The van der Waals surface area contributed by atoms with Gasteiger partial charge in [-0.3, -0.25) is 9.59 Å². The van der Waals surface area contributed by atoms with Gasteiger partial charge < -0.3 is 15.3 Å². The van der Waals surface area contributed by atoms with Crippen molar-refractivity contribution in [3.05, 3.63) is 105 Å². The number of phenols is 1. The Labute approximate surface area is 291 Å². The molecule has 4 atom stereocenters. The van der Waals surface area contributed by atoms with Crippen molar-refractivity contribution >= 4 is 29.2 Å². The van der Waals surface area contributed by atoms with Gasteiger partial charge in [0.25, 0.3) is 0 Å². The molecule has 2 aliphatic rings. The number of alkyl halides is 6. The lowest BCUT2D eigenvalue weighted by Crippen LogP contribution is -2.39. The molecule has 5 rings (SSSR count). The molecule has 0 aromatic heterocycles. The van der Waals surface area contributed by atoms with Gasteiger partial charge >= 0.3 is 12.4 Å². The van der Waals surface area contributed by atoms with Gasteiger partial charge in [-0.2, -0.15) is 26.3 Å². The summed E-state index contributed by atoms with van der Waals surface area (Å²) in [5, 5.41) is 32.7. The first-order valence-corrected chi connectivity index (χ1v) is 16.7. The molecule has 51 heavy (non-hydrogen) atoms. The number of aliphatic hydroxyl groups is 2.